The molecule has 0 aliphatic carbocycles. The third-order valence-corrected chi connectivity index (χ3v) is 9.16. The largest absolute Gasteiger partial charge is 0.463 e. The summed E-state index contributed by atoms with van der Waals surface area (Å²) in [5, 5.41) is 0. The van der Waals surface area contributed by atoms with E-state index in [-0.39, 0.29) is 17.1 Å². The van der Waals surface area contributed by atoms with E-state index in [1.807, 2.05) is 24.3 Å². The molecule has 0 saturated carbocycles. The van der Waals surface area contributed by atoms with Crippen molar-refractivity contribution >= 4 is 20.4 Å². The lowest BCUT2D eigenvalue weighted by Crippen LogP contribution is -2.44. The molecule has 1 N–H and O–H groups in total. The second-order valence-corrected chi connectivity index (χ2v) is 10.9. The molecular formula is C18H28O3Si. The predicted octanol–water partition coefficient (Wildman–Crippen LogP) is 4.10. The molecule has 0 atom stereocenters. The summed E-state index contributed by atoms with van der Waals surface area (Å²) in [7, 11) is -2.40. The van der Waals surface area contributed by atoms with Crippen molar-refractivity contribution in [1.29, 1.82) is 0 Å². The summed E-state index contributed by atoms with van der Waals surface area (Å²) < 4.78 is 4.91. The van der Waals surface area contributed by atoms with E-state index in [9.17, 15) is 9.59 Å². The van der Waals surface area contributed by atoms with E-state index >= 15 is 0 Å². The van der Waals surface area contributed by atoms with E-state index in [0.29, 0.717) is 12.7 Å². The lowest BCUT2D eigenvalue weighted by Gasteiger charge is -2.33. The molecular weight excluding hydrogens is 292 g/mol. The SMILES string of the molecule is CCOC(=O)/C=C/c1ccccc1C[Si](O)(C(C)C)C(C)C. The normalized spacial score (nSPS) is 12.4. The van der Waals surface area contributed by atoms with Crippen LogP contribution in [0.2, 0.25) is 11.1 Å². The molecule has 22 heavy (non-hydrogen) atoms. The number of ether oxygens (including phenoxy) is 1. The van der Waals surface area contributed by atoms with Gasteiger partial charge in [-0.15, -0.1) is 0 Å². The summed E-state index contributed by atoms with van der Waals surface area (Å²) in [6.45, 7) is 10.6. The van der Waals surface area contributed by atoms with Crippen molar-refractivity contribution in [1.82, 2.24) is 0 Å². The van der Waals surface area contributed by atoms with Gasteiger partial charge in [-0.25, -0.2) is 4.79 Å². The second kappa shape index (κ2) is 8.29. The van der Waals surface area contributed by atoms with Gasteiger partial charge in [-0.05, 0) is 41.3 Å². The van der Waals surface area contributed by atoms with Crippen molar-refractivity contribution in [3.63, 3.8) is 0 Å². The number of hydrogen-bond acceptors (Lipinski definition) is 3. The number of hydrogen-bond donors (Lipinski definition) is 1. The van der Waals surface area contributed by atoms with Crippen LogP contribution in [-0.4, -0.2) is 25.7 Å². The third-order valence-electron chi connectivity index (χ3n) is 4.21. The summed E-state index contributed by atoms with van der Waals surface area (Å²) in [5.41, 5.74) is 2.64. The van der Waals surface area contributed by atoms with Gasteiger partial charge in [0.2, 0.25) is 0 Å². The lowest BCUT2D eigenvalue weighted by atomic mass is 10.1. The van der Waals surface area contributed by atoms with Crippen molar-refractivity contribution in [3.8, 4) is 0 Å². The van der Waals surface area contributed by atoms with Crippen molar-refractivity contribution in [2.45, 2.75) is 51.7 Å². The summed E-state index contributed by atoms with van der Waals surface area (Å²) in [4.78, 5) is 22.6. The molecule has 0 aromatic heterocycles. The first-order valence-electron chi connectivity index (χ1n) is 7.96. The number of carbonyl (C=O) groups is 1. The number of rotatable bonds is 7. The molecule has 0 radical (unpaired) electrons. The van der Waals surface area contributed by atoms with Crippen LogP contribution < -0.4 is 0 Å². The minimum absolute atomic E-state index is 0.287. The zero-order chi connectivity index (χ0) is 16.8. The number of benzene rings is 1. The highest BCUT2D eigenvalue weighted by Gasteiger charge is 2.38. The highest BCUT2D eigenvalue weighted by atomic mass is 28.4. The van der Waals surface area contributed by atoms with Crippen LogP contribution >= 0.6 is 0 Å². The minimum Gasteiger partial charge on any atom is -0.463 e. The van der Waals surface area contributed by atoms with Crippen LogP contribution in [0, 0.1) is 0 Å². The molecule has 122 valence electrons. The van der Waals surface area contributed by atoms with Crippen LogP contribution in [0.25, 0.3) is 6.08 Å². The van der Waals surface area contributed by atoms with Crippen LogP contribution in [0.3, 0.4) is 0 Å². The molecule has 0 aliphatic heterocycles. The van der Waals surface area contributed by atoms with Gasteiger partial charge in [0, 0.05) is 6.08 Å². The molecule has 1 aromatic carbocycles. The molecule has 0 saturated heterocycles. The van der Waals surface area contributed by atoms with Gasteiger partial charge in [-0.3, -0.25) is 0 Å². The van der Waals surface area contributed by atoms with Gasteiger partial charge in [-0.1, -0.05) is 52.0 Å². The van der Waals surface area contributed by atoms with Gasteiger partial charge in [0.1, 0.15) is 0 Å². The first kappa shape index (κ1) is 18.7. The Morgan fingerprint density at radius 3 is 2.36 bits per heavy atom. The molecule has 1 rings (SSSR count). The summed E-state index contributed by atoms with van der Waals surface area (Å²) in [6.07, 6.45) is 3.23. The molecule has 1 aromatic rings. The summed E-state index contributed by atoms with van der Waals surface area (Å²) in [5.74, 6) is -0.336. The van der Waals surface area contributed by atoms with E-state index in [0.717, 1.165) is 11.1 Å². The average molecular weight is 321 g/mol. The molecule has 4 heteroatoms. The Morgan fingerprint density at radius 2 is 1.82 bits per heavy atom. The molecule has 0 unspecified atom stereocenters. The Morgan fingerprint density at radius 1 is 1.23 bits per heavy atom. The molecule has 0 amide bonds. The Balaban J connectivity index is 3.04. The van der Waals surface area contributed by atoms with Crippen molar-refractivity contribution < 1.29 is 14.3 Å². The quantitative estimate of drug-likeness (QED) is 0.467. The van der Waals surface area contributed by atoms with Crippen LogP contribution in [-0.2, 0) is 15.6 Å². The van der Waals surface area contributed by atoms with Crippen molar-refractivity contribution in [3.05, 3.63) is 41.5 Å². The zero-order valence-corrected chi connectivity index (χ0v) is 15.3. The maximum Gasteiger partial charge on any atom is 0.330 e. The van der Waals surface area contributed by atoms with Gasteiger partial charge < -0.3 is 9.53 Å². The van der Waals surface area contributed by atoms with E-state index in [2.05, 4.69) is 27.7 Å². The van der Waals surface area contributed by atoms with E-state index in [1.165, 1.54) is 6.08 Å². The Labute approximate surface area is 135 Å². The highest BCUT2D eigenvalue weighted by molar-refractivity contribution is 6.74. The van der Waals surface area contributed by atoms with Gasteiger partial charge in [-0.2, -0.15) is 0 Å². The van der Waals surface area contributed by atoms with Crippen molar-refractivity contribution in [2.75, 3.05) is 6.61 Å². The highest BCUT2D eigenvalue weighted by Crippen LogP contribution is 2.33. The Hall–Kier alpha value is -1.39. The standard InChI is InChI=1S/C18H28O3Si/c1-6-21-18(19)12-11-16-9-7-8-10-17(16)13-22(20,14(2)3)15(4)5/h7-12,14-15,20H,6,13H2,1-5H3/b12-11+. The fourth-order valence-corrected chi connectivity index (χ4v) is 5.67. The molecule has 0 aliphatic rings. The topological polar surface area (TPSA) is 46.5 Å². The Bertz CT molecular complexity index is 513. The molecule has 0 spiro atoms. The van der Waals surface area contributed by atoms with Gasteiger partial charge in [0.15, 0.2) is 8.32 Å². The van der Waals surface area contributed by atoms with Gasteiger partial charge >= 0.3 is 5.97 Å². The number of carbonyl (C=O) groups excluding carboxylic acids is 1. The molecule has 0 bridgehead atoms. The average Bonchev–Trinajstić information content (AvgIpc) is 2.46. The van der Waals surface area contributed by atoms with Gasteiger partial charge in [0.05, 0.1) is 6.61 Å². The van der Waals surface area contributed by atoms with Crippen LogP contribution in [0.15, 0.2) is 30.3 Å². The van der Waals surface area contributed by atoms with Gasteiger partial charge in [0.25, 0.3) is 0 Å². The fourth-order valence-electron chi connectivity index (χ4n) is 2.59. The smallest absolute Gasteiger partial charge is 0.330 e. The third kappa shape index (κ3) is 4.82. The predicted molar refractivity (Wildman–Crippen MR) is 94.0 cm³/mol. The second-order valence-electron chi connectivity index (χ2n) is 6.26. The monoisotopic (exact) mass is 320 g/mol. The van der Waals surface area contributed by atoms with E-state index < -0.39 is 8.32 Å². The molecule has 0 fully saturated rings. The molecule has 0 heterocycles. The minimum atomic E-state index is -2.40. The lowest BCUT2D eigenvalue weighted by molar-refractivity contribution is -0.137. The maximum atomic E-state index is 11.5. The van der Waals surface area contributed by atoms with E-state index in [4.69, 9.17) is 4.74 Å². The Kier molecular flexibility index (Phi) is 7.03. The van der Waals surface area contributed by atoms with Crippen LogP contribution in [0.4, 0.5) is 0 Å². The summed E-state index contributed by atoms with van der Waals surface area (Å²) in [6, 6.07) is 8.63. The number of esters is 1. The van der Waals surface area contributed by atoms with E-state index in [1.54, 1.807) is 13.0 Å². The first-order valence-corrected chi connectivity index (χ1v) is 10.3. The first-order chi connectivity index (χ1) is 10.3. The molecule has 3 nitrogen and oxygen atoms in total. The van der Waals surface area contributed by atoms with Crippen molar-refractivity contribution in [2.24, 2.45) is 0 Å². The fraction of sp³-hybridized carbons (Fsp3) is 0.500. The summed E-state index contributed by atoms with van der Waals surface area (Å²) >= 11 is 0. The maximum absolute atomic E-state index is 11.5. The van der Waals surface area contributed by atoms with Crippen LogP contribution in [0.1, 0.15) is 45.7 Å². The van der Waals surface area contributed by atoms with Crippen LogP contribution in [0.5, 0.6) is 0 Å². The zero-order valence-electron chi connectivity index (χ0n) is 14.3.